The minimum atomic E-state index is -2.90. The monoisotopic (exact) mass is 375 g/mol. The van der Waals surface area contributed by atoms with Gasteiger partial charge >= 0.3 is 0 Å². The van der Waals surface area contributed by atoms with Crippen LogP contribution in [0, 0.1) is 5.92 Å². The molecule has 21 heavy (non-hydrogen) atoms. The number of halogens is 1. The molecule has 1 atom stereocenters. The molecule has 5 heteroatoms. The molecule has 0 saturated carbocycles. The van der Waals surface area contributed by atoms with Gasteiger partial charge in [-0.3, -0.25) is 0 Å². The van der Waals surface area contributed by atoms with Crippen LogP contribution in [0.15, 0.2) is 28.7 Å². The van der Waals surface area contributed by atoms with Gasteiger partial charge in [-0.25, -0.2) is 8.42 Å². The largest absolute Gasteiger partial charge is 0.314 e. The summed E-state index contributed by atoms with van der Waals surface area (Å²) in [6.45, 7) is 6.78. The summed E-state index contributed by atoms with van der Waals surface area (Å²) in [6, 6.07) is 8.56. The van der Waals surface area contributed by atoms with Crippen molar-refractivity contribution >= 4 is 25.8 Å². The molecule has 3 nitrogen and oxygen atoms in total. The Morgan fingerprint density at radius 2 is 1.90 bits per heavy atom. The second-order valence-corrected chi connectivity index (χ2v) is 9.08. The molecule has 1 N–H and O–H groups in total. The molecule has 1 aromatic rings. The van der Waals surface area contributed by atoms with Gasteiger partial charge in [0.1, 0.15) is 9.84 Å². The van der Waals surface area contributed by atoms with Crippen LogP contribution in [0.25, 0.3) is 0 Å². The summed E-state index contributed by atoms with van der Waals surface area (Å²) in [7, 11) is -2.90. The molecule has 0 fully saturated rings. The molecule has 0 heterocycles. The quantitative estimate of drug-likeness (QED) is 0.718. The fraction of sp³-hybridized carbons (Fsp3) is 0.625. The van der Waals surface area contributed by atoms with Crippen molar-refractivity contribution in [2.45, 2.75) is 39.7 Å². The summed E-state index contributed by atoms with van der Waals surface area (Å²) in [5, 5.41) is 3.43. The van der Waals surface area contributed by atoms with Crippen LogP contribution < -0.4 is 5.32 Å². The van der Waals surface area contributed by atoms with Crippen LogP contribution in [-0.2, 0) is 16.3 Å². The predicted molar refractivity (Wildman–Crippen MR) is 93.4 cm³/mol. The molecule has 120 valence electrons. The van der Waals surface area contributed by atoms with E-state index in [4.69, 9.17) is 0 Å². The zero-order valence-corrected chi connectivity index (χ0v) is 15.5. The summed E-state index contributed by atoms with van der Waals surface area (Å²) in [6.07, 6.45) is 1.59. The smallest absolute Gasteiger partial charge is 0.150 e. The first-order chi connectivity index (χ1) is 9.84. The Bertz CT molecular complexity index is 529. The molecule has 0 bridgehead atoms. The van der Waals surface area contributed by atoms with E-state index in [1.54, 1.807) is 6.92 Å². The fourth-order valence-electron chi connectivity index (χ4n) is 2.14. The van der Waals surface area contributed by atoms with E-state index in [2.05, 4.69) is 41.2 Å². The Labute approximate surface area is 137 Å². The van der Waals surface area contributed by atoms with E-state index in [1.165, 1.54) is 5.56 Å². The molecule has 0 saturated heterocycles. The van der Waals surface area contributed by atoms with Gasteiger partial charge in [-0.05, 0) is 36.9 Å². The van der Waals surface area contributed by atoms with Gasteiger partial charge in [0.15, 0.2) is 0 Å². The van der Waals surface area contributed by atoms with Crippen LogP contribution in [0.5, 0.6) is 0 Å². The molecule has 0 aliphatic rings. The molecule has 1 unspecified atom stereocenters. The third kappa shape index (κ3) is 7.43. The molecule has 0 radical (unpaired) electrons. The molecular weight excluding hydrogens is 350 g/mol. The SMILES string of the molecule is CCS(=O)(=O)CCC(CNC(C)C)Cc1ccccc1Br. The summed E-state index contributed by atoms with van der Waals surface area (Å²) >= 11 is 3.57. The lowest BCUT2D eigenvalue weighted by Crippen LogP contribution is -2.31. The fourth-order valence-corrected chi connectivity index (χ4v) is 3.57. The van der Waals surface area contributed by atoms with Gasteiger partial charge in [0.25, 0.3) is 0 Å². The second-order valence-electron chi connectivity index (χ2n) is 5.75. The van der Waals surface area contributed by atoms with Crippen molar-refractivity contribution < 1.29 is 8.42 Å². The van der Waals surface area contributed by atoms with Crippen molar-refractivity contribution in [2.24, 2.45) is 5.92 Å². The van der Waals surface area contributed by atoms with Crippen LogP contribution in [0.4, 0.5) is 0 Å². The van der Waals surface area contributed by atoms with Crippen LogP contribution >= 0.6 is 15.9 Å². The van der Waals surface area contributed by atoms with Gasteiger partial charge in [0, 0.05) is 16.3 Å². The zero-order valence-electron chi connectivity index (χ0n) is 13.1. The van der Waals surface area contributed by atoms with Crippen LogP contribution in [0.3, 0.4) is 0 Å². The molecule has 0 aliphatic heterocycles. The number of hydrogen-bond acceptors (Lipinski definition) is 3. The molecule has 0 aliphatic carbocycles. The van der Waals surface area contributed by atoms with E-state index in [9.17, 15) is 8.42 Å². The zero-order chi connectivity index (χ0) is 15.9. The summed E-state index contributed by atoms with van der Waals surface area (Å²) in [4.78, 5) is 0. The van der Waals surface area contributed by atoms with Crippen molar-refractivity contribution in [3.05, 3.63) is 34.3 Å². The van der Waals surface area contributed by atoms with Gasteiger partial charge in [0.2, 0.25) is 0 Å². The average Bonchev–Trinajstić information content (AvgIpc) is 2.44. The van der Waals surface area contributed by atoms with Crippen molar-refractivity contribution in [1.29, 1.82) is 0 Å². The Hall–Kier alpha value is -0.390. The van der Waals surface area contributed by atoms with Crippen LogP contribution in [0.2, 0.25) is 0 Å². The Balaban J connectivity index is 2.70. The highest BCUT2D eigenvalue weighted by atomic mass is 79.9. The Morgan fingerprint density at radius 1 is 1.24 bits per heavy atom. The van der Waals surface area contributed by atoms with Crippen molar-refractivity contribution in [1.82, 2.24) is 5.32 Å². The highest BCUT2D eigenvalue weighted by Gasteiger charge is 2.16. The maximum absolute atomic E-state index is 11.7. The normalized spacial score (nSPS) is 13.6. The van der Waals surface area contributed by atoms with E-state index >= 15 is 0 Å². The minimum absolute atomic E-state index is 0.229. The number of benzene rings is 1. The van der Waals surface area contributed by atoms with Gasteiger partial charge < -0.3 is 5.32 Å². The van der Waals surface area contributed by atoms with Crippen molar-refractivity contribution in [3.8, 4) is 0 Å². The Morgan fingerprint density at radius 3 is 2.48 bits per heavy atom. The lowest BCUT2D eigenvalue weighted by Gasteiger charge is -2.20. The van der Waals surface area contributed by atoms with E-state index < -0.39 is 9.84 Å². The van der Waals surface area contributed by atoms with E-state index in [1.807, 2.05) is 18.2 Å². The third-order valence-corrected chi connectivity index (χ3v) is 6.07. The molecule has 1 aromatic carbocycles. The summed E-state index contributed by atoms with van der Waals surface area (Å²) < 4.78 is 24.6. The van der Waals surface area contributed by atoms with E-state index in [-0.39, 0.29) is 11.5 Å². The third-order valence-electron chi connectivity index (χ3n) is 3.56. The number of hydrogen-bond donors (Lipinski definition) is 1. The van der Waals surface area contributed by atoms with Gasteiger partial charge in [0.05, 0.1) is 5.75 Å². The maximum atomic E-state index is 11.7. The highest BCUT2D eigenvalue weighted by molar-refractivity contribution is 9.10. The van der Waals surface area contributed by atoms with Crippen molar-refractivity contribution in [3.63, 3.8) is 0 Å². The average molecular weight is 376 g/mol. The van der Waals surface area contributed by atoms with Crippen LogP contribution in [-0.4, -0.2) is 32.5 Å². The van der Waals surface area contributed by atoms with Gasteiger partial charge in [-0.15, -0.1) is 0 Å². The molecule has 0 spiro atoms. The first kappa shape index (κ1) is 18.7. The van der Waals surface area contributed by atoms with Gasteiger partial charge in [-0.2, -0.15) is 0 Å². The first-order valence-corrected chi connectivity index (χ1v) is 10.1. The van der Waals surface area contributed by atoms with Gasteiger partial charge in [-0.1, -0.05) is 54.9 Å². The standard InChI is InChI=1S/C16H26BrNO2S/c1-4-21(19,20)10-9-14(12-18-13(2)3)11-15-7-5-6-8-16(15)17/h5-8,13-14,18H,4,9-12H2,1-3H3. The molecule has 0 amide bonds. The predicted octanol–water partition coefficient (Wildman–Crippen LogP) is 3.43. The second kappa shape index (κ2) is 8.91. The molecule has 1 rings (SSSR count). The molecular formula is C16H26BrNO2S. The minimum Gasteiger partial charge on any atom is -0.314 e. The number of rotatable bonds is 9. The topological polar surface area (TPSA) is 46.2 Å². The van der Waals surface area contributed by atoms with E-state index in [0.29, 0.717) is 18.4 Å². The van der Waals surface area contributed by atoms with Crippen LogP contribution in [0.1, 0.15) is 32.8 Å². The van der Waals surface area contributed by atoms with Crippen molar-refractivity contribution in [2.75, 3.05) is 18.1 Å². The Kier molecular flexibility index (Phi) is 7.92. The number of sulfone groups is 1. The maximum Gasteiger partial charge on any atom is 0.150 e. The lowest BCUT2D eigenvalue weighted by atomic mass is 9.96. The highest BCUT2D eigenvalue weighted by Crippen LogP contribution is 2.21. The number of nitrogens with one attached hydrogen (secondary N) is 1. The molecule has 0 aromatic heterocycles. The summed E-state index contributed by atoms with van der Waals surface area (Å²) in [5.74, 6) is 0.831. The first-order valence-electron chi connectivity index (χ1n) is 7.51. The van der Waals surface area contributed by atoms with E-state index in [0.717, 1.165) is 17.4 Å². The lowest BCUT2D eigenvalue weighted by molar-refractivity contribution is 0.434. The summed E-state index contributed by atoms with van der Waals surface area (Å²) in [5.41, 5.74) is 1.24.